The summed E-state index contributed by atoms with van der Waals surface area (Å²) >= 11 is 3.42. The van der Waals surface area contributed by atoms with Crippen molar-refractivity contribution in [3.8, 4) is 0 Å². The molecule has 1 atom stereocenters. The van der Waals surface area contributed by atoms with Crippen molar-refractivity contribution in [1.29, 1.82) is 0 Å². The SMILES string of the molecule is Cc1cc(C(C)Nc2cccnc2Br)c(C)o1. The molecule has 0 spiro atoms. The average Bonchev–Trinajstić information content (AvgIpc) is 2.61. The Morgan fingerprint density at radius 2 is 2.18 bits per heavy atom. The highest BCUT2D eigenvalue weighted by molar-refractivity contribution is 9.10. The van der Waals surface area contributed by atoms with Crippen molar-refractivity contribution in [2.75, 3.05) is 5.32 Å². The number of hydrogen-bond acceptors (Lipinski definition) is 3. The number of pyridine rings is 1. The number of aryl methyl sites for hydroxylation is 2. The molecule has 0 radical (unpaired) electrons. The molecule has 0 aromatic carbocycles. The van der Waals surface area contributed by atoms with Crippen molar-refractivity contribution in [2.24, 2.45) is 0 Å². The summed E-state index contributed by atoms with van der Waals surface area (Å²) in [5.41, 5.74) is 2.16. The maximum absolute atomic E-state index is 5.54. The Morgan fingerprint density at radius 1 is 1.41 bits per heavy atom. The van der Waals surface area contributed by atoms with Gasteiger partial charge in [-0.1, -0.05) is 0 Å². The summed E-state index contributed by atoms with van der Waals surface area (Å²) in [4.78, 5) is 4.18. The number of anilines is 1. The molecule has 1 unspecified atom stereocenters. The molecule has 1 N–H and O–H groups in total. The van der Waals surface area contributed by atoms with Gasteiger partial charge in [0.1, 0.15) is 16.1 Å². The van der Waals surface area contributed by atoms with Crippen LogP contribution in [0.4, 0.5) is 5.69 Å². The zero-order valence-electron chi connectivity index (χ0n) is 10.1. The van der Waals surface area contributed by atoms with Crippen LogP contribution in [0.1, 0.15) is 30.0 Å². The Morgan fingerprint density at radius 3 is 2.76 bits per heavy atom. The van der Waals surface area contributed by atoms with Gasteiger partial charge in [-0.25, -0.2) is 4.98 Å². The van der Waals surface area contributed by atoms with Crippen LogP contribution in [-0.2, 0) is 0 Å². The van der Waals surface area contributed by atoms with Crippen LogP contribution in [-0.4, -0.2) is 4.98 Å². The van der Waals surface area contributed by atoms with Crippen molar-refractivity contribution >= 4 is 21.6 Å². The molecule has 2 aromatic rings. The molecule has 4 heteroatoms. The van der Waals surface area contributed by atoms with Gasteiger partial charge in [0.05, 0.1) is 11.7 Å². The van der Waals surface area contributed by atoms with E-state index in [1.54, 1.807) is 6.20 Å². The minimum Gasteiger partial charge on any atom is -0.466 e. The molecule has 2 aromatic heterocycles. The van der Waals surface area contributed by atoms with Gasteiger partial charge in [0.25, 0.3) is 0 Å². The molecule has 0 saturated heterocycles. The zero-order chi connectivity index (χ0) is 12.4. The van der Waals surface area contributed by atoms with Crippen LogP contribution in [0.3, 0.4) is 0 Å². The molecular weight excluding hydrogens is 280 g/mol. The fourth-order valence-electron chi connectivity index (χ4n) is 1.89. The lowest BCUT2D eigenvalue weighted by molar-refractivity contribution is 0.500. The zero-order valence-corrected chi connectivity index (χ0v) is 11.7. The molecule has 0 amide bonds. The summed E-state index contributed by atoms with van der Waals surface area (Å²) in [5, 5.41) is 3.41. The first-order chi connectivity index (χ1) is 8.08. The van der Waals surface area contributed by atoms with Crippen LogP contribution in [0.15, 0.2) is 33.4 Å². The average molecular weight is 295 g/mol. The molecule has 17 heavy (non-hydrogen) atoms. The number of nitrogens with one attached hydrogen (secondary N) is 1. The Balaban J connectivity index is 2.20. The third kappa shape index (κ3) is 2.69. The second-order valence-electron chi connectivity index (χ2n) is 4.08. The van der Waals surface area contributed by atoms with E-state index >= 15 is 0 Å². The van der Waals surface area contributed by atoms with Crippen LogP contribution in [0.2, 0.25) is 0 Å². The van der Waals surface area contributed by atoms with E-state index in [-0.39, 0.29) is 6.04 Å². The Kier molecular flexibility index (Phi) is 3.52. The summed E-state index contributed by atoms with van der Waals surface area (Å²) in [6, 6.07) is 6.16. The van der Waals surface area contributed by atoms with Crippen LogP contribution < -0.4 is 5.32 Å². The molecule has 0 bridgehead atoms. The largest absolute Gasteiger partial charge is 0.466 e. The molecule has 2 rings (SSSR count). The molecular formula is C13H15BrN2O. The lowest BCUT2D eigenvalue weighted by Gasteiger charge is -2.15. The van der Waals surface area contributed by atoms with Crippen molar-refractivity contribution in [1.82, 2.24) is 4.98 Å². The first-order valence-electron chi connectivity index (χ1n) is 5.52. The summed E-state index contributed by atoms with van der Waals surface area (Å²) in [5.74, 6) is 1.90. The number of hydrogen-bond donors (Lipinski definition) is 1. The third-order valence-electron chi connectivity index (χ3n) is 2.68. The quantitative estimate of drug-likeness (QED) is 0.861. The maximum Gasteiger partial charge on any atom is 0.129 e. The number of rotatable bonds is 3. The van der Waals surface area contributed by atoms with Crippen LogP contribution in [0, 0.1) is 13.8 Å². The summed E-state index contributed by atoms with van der Waals surface area (Å²) < 4.78 is 6.36. The minimum absolute atomic E-state index is 0.188. The summed E-state index contributed by atoms with van der Waals surface area (Å²) in [6.07, 6.45) is 1.76. The third-order valence-corrected chi connectivity index (χ3v) is 3.31. The molecule has 0 aliphatic rings. The van der Waals surface area contributed by atoms with Gasteiger partial charge in [0.15, 0.2) is 0 Å². The van der Waals surface area contributed by atoms with E-state index in [9.17, 15) is 0 Å². The van der Waals surface area contributed by atoms with Crippen LogP contribution >= 0.6 is 15.9 Å². The minimum atomic E-state index is 0.188. The van der Waals surface area contributed by atoms with E-state index in [0.717, 1.165) is 21.8 Å². The molecule has 2 heterocycles. The van der Waals surface area contributed by atoms with E-state index in [2.05, 4.69) is 39.2 Å². The van der Waals surface area contributed by atoms with Crippen molar-refractivity contribution in [2.45, 2.75) is 26.8 Å². The Labute approximate surface area is 109 Å². The highest BCUT2D eigenvalue weighted by Gasteiger charge is 2.13. The van der Waals surface area contributed by atoms with Gasteiger partial charge in [0.2, 0.25) is 0 Å². The number of aromatic nitrogens is 1. The summed E-state index contributed by atoms with van der Waals surface area (Å²) in [6.45, 7) is 6.05. The topological polar surface area (TPSA) is 38.1 Å². The predicted octanol–water partition coefficient (Wildman–Crippen LogP) is 4.23. The smallest absolute Gasteiger partial charge is 0.129 e. The second kappa shape index (κ2) is 4.92. The van der Waals surface area contributed by atoms with Gasteiger partial charge in [0, 0.05) is 11.8 Å². The maximum atomic E-state index is 5.54. The summed E-state index contributed by atoms with van der Waals surface area (Å²) in [7, 11) is 0. The monoisotopic (exact) mass is 294 g/mol. The lowest BCUT2D eigenvalue weighted by Crippen LogP contribution is -2.07. The van der Waals surface area contributed by atoms with E-state index in [0.29, 0.717) is 0 Å². The standard InChI is InChI=1S/C13H15BrN2O/c1-8-7-11(10(3)17-8)9(2)16-12-5-4-6-15-13(12)14/h4-7,9,16H,1-3H3. The number of halogens is 1. The van der Waals surface area contributed by atoms with Gasteiger partial charge in [-0.3, -0.25) is 0 Å². The number of nitrogens with zero attached hydrogens (tertiary/aromatic N) is 1. The lowest BCUT2D eigenvalue weighted by atomic mass is 10.1. The van der Waals surface area contributed by atoms with E-state index in [4.69, 9.17) is 4.42 Å². The van der Waals surface area contributed by atoms with Gasteiger partial charge in [-0.05, 0) is 54.9 Å². The fourth-order valence-corrected chi connectivity index (χ4v) is 2.25. The van der Waals surface area contributed by atoms with E-state index in [1.807, 2.05) is 26.0 Å². The molecule has 0 fully saturated rings. The molecule has 90 valence electrons. The van der Waals surface area contributed by atoms with Crippen molar-refractivity contribution in [3.05, 3.63) is 46.1 Å². The molecule has 0 saturated carbocycles. The van der Waals surface area contributed by atoms with Gasteiger partial charge < -0.3 is 9.73 Å². The highest BCUT2D eigenvalue weighted by Crippen LogP contribution is 2.27. The van der Waals surface area contributed by atoms with Crippen molar-refractivity contribution in [3.63, 3.8) is 0 Å². The van der Waals surface area contributed by atoms with Gasteiger partial charge in [-0.2, -0.15) is 0 Å². The predicted molar refractivity (Wildman–Crippen MR) is 72.2 cm³/mol. The molecule has 3 nitrogen and oxygen atoms in total. The van der Waals surface area contributed by atoms with E-state index in [1.165, 1.54) is 5.56 Å². The highest BCUT2D eigenvalue weighted by atomic mass is 79.9. The fraction of sp³-hybridized carbons (Fsp3) is 0.308. The van der Waals surface area contributed by atoms with Gasteiger partial charge in [-0.15, -0.1) is 0 Å². The second-order valence-corrected chi connectivity index (χ2v) is 4.83. The number of furan rings is 1. The normalized spacial score (nSPS) is 12.5. The Bertz CT molecular complexity index is 522. The first-order valence-corrected chi connectivity index (χ1v) is 6.31. The molecule has 0 aliphatic carbocycles. The van der Waals surface area contributed by atoms with Crippen molar-refractivity contribution < 1.29 is 4.42 Å². The Hall–Kier alpha value is -1.29. The van der Waals surface area contributed by atoms with Crippen LogP contribution in [0.5, 0.6) is 0 Å². The van der Waals surface area contributed by atoms with E-state index < -0.39 is 0 Å². The first kappa shape index (κ1) is 12.2. The van der Waals surface area contributed by atoms with Crippen LogP contribution in [0.25, 0.3) is 0 Å². The van der Waals surface area contributed by atoms with Gasteiger partial charge >= 0.3 is 0 Å². The molecule has 0 aliphatic heterocycles.